The largest absolute Gasteiger partial charge is 0.376 e. The van der Waals surface area contributed by atoms with Gasteiger partial charge in [-0.1, -0.05) is 24.3 Å². The van der Waals surface area contributed by atoms with Crippen LogP contribution in [-0.4, -0.2) is 19.8 Å². The fourth-order valence-electron chi connectivity index (χ4n) is 1.27. The average molecular weight is 223 g/mol. The summed E-state index contributed by atoms with van der Waals surface area (Å²) in [6.07, 6.45) is 0. The number of hydrogen-bond donors (Lipinski definition) is 1. The van der Waals surface area contributed by atoms with Crippen LogP contribution in [0.3, 0.4) is 0 Å². The van der Waals surface area contributed by atoms with Gasteiger partial charge in [0.15, 0.2) is 0 Å². The van der Waals surface area contributed by atoms with Crippen molar-refractivity contribution in [2.24, 2.45) is 0 Å². The maximum atomic E-state index is 12.8. The molecular formula is C13H18FNO. The molecule has 0 aliphatic carbocycles. The van der Waals surface area contributed by atoms with Crippen LogP contribution in [0, 0.1) is 5.82 Å². The molecule has 0 heterocycles. The summed E-state index contributed by atoms with van der Waals surface area (Å²) >= 11 is 0. The number of rotatable bonds is 7. The van der Waals surface area contributed by atoms with Crippen LogP contribution in [0.4, 0.5) is 4.39 Å². The first kappa shape index (κ1) is 12.9. The van der Waals surface area contributed by atoms with Gasteiger partial charge in [0.1, 0.15) is 5.82 Å². The molecule has 0 amide bonds. The summed E-state index contributed by atoms with van der Waals surface area (Å²) in [5, 5.41) is 3.18. The number of nitrogens with one attached hydrogen (secondary N) is 1. The molecule has 0 aliphatic heterocycles. The van der Waals surface area contributed by atoms with Gasteiger partial charge in [0.25, 0.3) is 0 Å². The molecule has 0 saturated heterocycles. The van der Waals surface area contributed by atoms with Crippen LogP contribution >= 0.6 is 0 Å². The lowest BCUT2D eigenvalue weighted by molar-refractivity contribution is 0.158. The van der Waals surface area contributed by atoms with Gasteiger partial charge in [0, 0.05) is 13.1 Å². The second-order valence-electron chi connectivity index (χ2n) is 3.82. The summed E-state index contributed by atoms with van der Waals surface area (Å²) in [6.45, 7) is 8.33. The molecule has 0 unspecified atom stereocenters. The second-order valence-corrected chi connectivity index (χ2v) is 3.82. The molecule has 0 aliphatic rings. The third kappa shape index (κ3) is 5.63. The average Bonchev–Trinajstić information content (AvgIpc) is 2.23. The maximum absolute atomic E-state index is 12.8. The molecule has 1 N–H and O–H groups in total. The summed E-state index contributed by atoms with van der Waals surface area (Å²) in [5.41, 5.74) is 1.96. The molecule has 1 aromatic carbocycles. The van der Waals surface area contributed by atoms with Crippen molar-refractivity contribution in [3.63, 3.8) is 0 Å². The Hall–Kier alpha value is -1.19. The Morgan fingerprint density at radius 3 is 3.00 bits per heavy atom. The van der Waals surface area contributed by atoms with Crippen LogP contribution in [0.1, 0.15) is 12.5 Å². The molecule has 16 heavy (non-hydrogen) atoms. The van der Waals surface area contributed by atoms with Gasteiger partial charge in [0.05, 0.1) is 13.2 Å². The second kappa shape index (κ2) is 7.14. The number of benzene rings is 1. The van der Waals surface area contributed by atoms with E-state index in [2.05, 4.69) is 11.9 Å². The van der Waals surface area contributed by atoms with Crippen molar-refractivity contribution in [1.29, 1.82) is 0 Å². The Morgan fingerprint density at radius 1 is 1.50 bits per heavy atom. The molecule has 2 nitrogen and oxygen atoms in total. The first-order valence-electron chi connectivity index (χ1n) is 5.36. The lowest BCUT2D eigenvalue weighted by Crippen LogP contribution is -2.19. The predicted molar refractivity (Wildman–Crippen MR) is 63.7 cm³/mol. The van der Waals surface area contributed by atoms with Gasteiger partial charge in [-0.2, -0.15) is 0 Å². The molecule has 0 atom stereocenters. The van der Waals surface area contributed by atoms with Crippen LogP contribution in [0.2, 0.25) is 0 Å². The van der Waals surface area contributed by atoms with Crippen molar-refractivity contribution in [2.75, 3.05) is 19.8 Å². The zero-order chi connectivity index (χ0) is 11.8. The normalized spacial score (nSPS) is 10.4. The van der Waals surface area contributed by atoms with E-state index in [1.807, 2.05) is 13.0 Å². The summed E-state index contributed by atoms with van der Waals surface area (Å²) in [7, 11) is 0. The van der Waals surface area contributed by atoms with Crippen molar-refractivity contribution in [1.82, 2.24) is 5.32 Å². The van der Waals surface area contributed by atoms with E-state index >= 15 is 0 Å². The van der Waals surface area contributed by atoms with Gasteiger partial charge in [-0.3, -0.25) is 0 Å². The lowest BCUT2D eigenvalue weighted by Gasteiger charge is -2.06. The Labute approximate surface area is 96.1 Å². The number of ether oxygens (including phenoxy) is 1. The van der Waals surface area contributed by atoms with E-state index in [0.717, 1.165) is 17.7 Å². The van der Waals surface area contributed by atoms with Crippen molar-refractivity contribution >= 4 is 0 Å². The van der Waals surface area contributed by atoms with Gasteiger partial charge in [-0.25, -0.2) is 4.39 Å². The summed E-state index contributed by atoms with van der Waals surface area (Å²) < 4.78 is 18.1. The SMILES string of the molecule is C=C(C)COCCNCc1cccc(F)c1. The maximum Gasteiger partial charge on any atom is 0.123 e. The Balaban J connectivity index is 2.09. The number of hydrogen-bond acceptors (Lipinski definition) is 2. The minimum absolute atomic E-state index is 0.196. The first-order valence-corrected chi connectivity index (χ1v) is 5.36. The van der Waals surface area contributed by atoms with Crippen LogP contribution in [0.25, 0.3) is 0 Å². The van der Waals surface area contributed by atoms with Crippen LogP contribution in [-0.2, 0) is 11.3 Å². The van der Waals surface area contributed by atoms with Gasteiger partial charge < -0.3 is 10.1 Å². The molecule has 0 radical (unpaired) electrons. The smallest absolute Gasteiger partial charge is 0.123 e. The zero-order valence-corrected chi connectivity index (χ0v) is 9.63. The molecule has 0 fully saturated rings. The highest BCUT2D eigenvalue weighted by Crippen LogP contribution is 2.02. The van der Waals surface area contributed by atoms with Crippen molar-refractivity contribution in [2.45, 2.75) is 13.5 Å². The van der Waals surface area contributed by atoms with E-state index in [0.29, 0.717) is 19.8 Å². The fraction of sp³-hybridized carbons (Fsp3) is 0.385. The lowest BCUT2D eigenvalue weighted by atomic mass is 10.2. The number of halogens is 1. The highest BCUT2D eigenvalue weighted by Gasteiger charge is 1.94. The summed E-state index contributed by atoms with van der Waals surface area (Å²) in [4.78, 5) is 0. The molecule has 0 bridgehead atoms. The molecular weight excluding hydrogens is 205 g/mol. The van der Waals surface area contributed by atoms with Crippen LogP contribution in [0.5, 0.6) is 0 Å². The van der Waals surface area contributed by atoms with Crippen LogP contribution < -0.4 is 5.32 Å². The molecule has 1 rings (SSSR count). The Kier molecular flexibility index (Phi) is 5.75. The third-order valence-electron chi connectivity index (χ3n) is 1.99. The fourth-order valence-corrected chi connectivity index (χ4v) is 1.27. The van der Waals surface area contributed by atoms with Gasteiger partial charge >= 0.3 is 0 Å². The Bertz CT molecular complexity index is 338. The zero-order valence-electron chi connectivity index (χ0n) is 9.63. The topological polar surface area (TPSA) is 21.3 Å². The quantitative estimate of drug-likeness (QED) is 0.566. The highest BCUT2D eigenvalue weighted by atomic mass is 19.1. The standard InChI is InChI=1S/C13H18FNO/c1-11(2)10-16-7-6-15-9-12-4-3-5-13(14)8-12/h3-5,8,15H,1,6-7,9-10H2,2H3. The van der Waals surface area contributed by atoms with Gasteiger partial charge in [-0.05, 0) is 24.6 Å². The highest BCUT2D eigenvalue weighted by molar-refractivity contribution is 5.15. The minimum atomic E-state index is -0.196. The first-order chi connectivity index (χ1) is 7.68. The van der Waals surface area contributed by atoms with Crippen LogP contribution in [0.15, 0.2) is 36.4 Å². The van der Waals surface area contributed by atoms with Crippen molar-refractivity contribution in [3.05, 3.63) is 47.8 Å². The Morgan fingerprint density at radius 2 is 2.31 bits per heavy atom. The van der Waals surface area contributed by atoms with Gasteiger partial charge in [0.2, 0.25) is 0 Å². The monoisotopic (exact) mass is 223 g/mol. The van der Waals surface area contributed by atoms with E-state index in [-0.39, 0.29) is 5.82 Å². The minimum Gasteiger partial charge on any atom is -0.376 e. The summed E-state index contributed by atoms with van der Waals surface area (Å²) in [6, 6.07) is 6.58. The van der Waals surface area contributed by atoms with Gasteiger partial charge in [-0.15, -0.1) is 0 Å². The molecule has 3 heteroatoms. The predicted octanol–water partition coefficient (Wildman–Crippen LogP) is 2.51. The molecule has 88 valence electrons. The molecule has 0 spiro atoms. The van der Waals surface area contributed by atoms with Crippen molar-refractivity contribution in [3.8, 4) is 0 Å². The summed E-state index contributed by atoms with van der Waals surface area (Å²) in [5.74, 6) is -0.196. The molecule has 0 saturated carbocycles. The third-order valence-corrected chi connectivity index (χ3v) is 1.99. The molecule has 1 aromatic rings. The van der Waals surface area contributed by atoms with E-state index < -0.39 is 0 Å². The molecule has 0 aromatic heterocycles. The van der Waals surface area contributed by atoms with Crippen molar-refractivity contribution < 1.29 is 9.13 Å². The van der Waals surface area contributed by atoms with E-state index in [1.54, 1.807) is 6.07 Å². The van der Waals surface area contributed by atoms with E-state index in [4.69, 9.17) is 4.74 Å². The van der Waals surface area contributed by atoms with E-state index in [9.17, 15) is 4.39 Å². The van der Waals surface area contributed by atoms with E-state index in [1.165, 1.54) is 12.1 Å².